The number of amides is 1. The molecule has 6 aromatic rings. The average Bonchev–Trinajstić information content (AvgIpc) is 3.42. The maximum Gasteiger partial charge on any atom is 0.281 e. The predicted octanol–water partition coefficient (Wildman–Crippen LogP) is 8.15. The summed E-state index contributed by atoms with van der Waals surface area (Å²) in [5.74, 6) is -0.175. The minimum absolute atomic E-state index is 0.175. The second-order valence-corrected chi connectivity index (χ2v) is 9.90. The van der Waals surface area contributed by atoms with Gasteiger partial charge in [-0.1, -0.05) is 121 Å². The molecule has 1 aromatic heterocycles. The lowest BCUT2D eigenvalue weighted by Gasteiger charge is -2.20. The Labute approximate surface area is 220 Å². The summed E-state index contributed by atoms with van der Waals surface area (Å²) in [6.45, 7) is 0. The number of nitrogens with one attached hydrogen (secondary N) is 1. The molecule has 0 unspecified atom stereocenters. The number of benzene rings is 5. The van der Waals surface area contributed by atoms with Crippen molar-refractivity contribution >= 4 is 27.5 Å². The van der Waals surface area contributed by atoms with E-state index in [-0.39, 0.29) is 11.9 Å². The van der Waals surface area contributed by atoms with Crippen LogP contribution in [0.15, 0.2) is 133 Å². The maximum absolute atomic E-state index is 13.4. The van der Waals surface area contributed by atoms with Crippen LogP contribution in [0.1, 0.15) is 27.0 Å². The summed E-state index contributed by atoms with van der Waals surface area (Å²) in [7, 11) is 0. The van der Waals surface area contributed by atoms with Crippen LogP contribution >= 0.6 is 11.3 Å². The first-order valence-electron chi connectivity index (χ1n) is 12.2. The standard InChI is InChI=1S/C33H24N2OS/c36-32(33-34-29-13-7-8-14-30(29)37-33)35-31(27-19-15-25(16-20-27)23-9-3-1-4-10-23)28-21-17-26(18-22-28)24-11-5-2-6-12-24/h1-22,31H,(H,35,36). The van der Waals surface area contributed by atoms with Crippen molar-refractivity contribution in [1.29, 1.82) is 0 Å². The van der Waals surface area contributed by atoms with Gasteiger partial charge >= 0.3 is 0 Å². The highest BCUT2D eigenvalue weighted by Crippen LogP contribution is 2.29. The molecule has 0 radical (unpaired) electrons. The number of hydrogen-bond acceptors (Lipinski definition) is 3. The van der Waals surface area contributed by atoms with Gasteiger partial charge in [-0.25, -0.2) is 4.98 Å². The summed E-state index contributed by atoms with van der Waals surface area (Å²) < 4.78 is 1.00. The Kier molecular flexibility index (Phi) is 6.32. The van der Waals surface area contributed by atoms with E-state index >= 15 is 0 Å². The van der Waals surface area contributed by atoms with E-state index in [9.17, 15) is 4.79 Å². The first-order valence-corrected chi connectivity index (χ1v) is 13.0. The molecule has 0 atom stereocenters. The predicted molar refractivity (Wildman–Crippen MR) is 153 cm³/mol. The van der Waals surface area contributed by atoms with Gasteiger partial charge in [-0.15, -0.1) is 11.3 Å². The number of hydrogen-bond donors (Lipinski definition) is 1. The van der Waals surface area contributed by atoms with Crippen molar-refractivity contribution in [3.63, 3.8) is 0 Å². The Hall–Kier alpha value is -4.54. The van der Waals surface area contributed by atoms with Gasteiger partial charge in [0.2, 0.25) is 0 Å². The number of nitrogens with zero attached hydrogens (tertiary/aromatic N) is 1. The lowest BCUT2D eigenvalue weighted by Crippen LogP contribution is -2.29. The zero-order valence-electron chi connectivity index (χ0n) is 20.0. The zero-order chi connectivity index (χ0) is 25.0. The molecule has 0 aliphatic heterocycles. The highest BCUT2D eigenvalue weighted by Gasteiger charge is 2.21. The van der Waals surface area contributed by atoms with E-state index in [0.29, 0.717) is 5.01 Å². The van der Waals surface area contributed by atoms with Crippen LogP contribution in [0.4, 0.5) is 0 Å². The van der Waals surface area contributed by atoms with Crippen molar-refractivity contribution in [1.82, 2.24) is 10.3 Å². The Balaban J connectivity index is 1.34. The van der Waals surface area contributed by atoms with Gasteiger partial charge in [0.25, 0.3) is 5.91 Å². The van der Waals surface area contributed by atoms with Crippen molar-refractivity contribution in [3.05, 3.63) is 150 Å². The normalized spacial score (nSPS) is 11.1. The third-order valence-electron chi connectivity index (χ3n) is 6.47. The molecule has 0 bridgehead atoms. The fourth-order valence-corrected chi connectivity index (χ4v) is 5.39. The lowest BCUT2D eigenvalue weighted by molar-refractivity contribution is 0.0943. The number of carbonyl (C=O) groups is 1. The molecule has 0 saturated heterocycles. The lowest BCUT2D eigenvalue weighted by atomic mass is 9.94. The summed E-state index contributed by atoms with van der Waals surface area (Å²) >= 11 is 1.41. The van der Waals surface area contributed by atoms with Gasteiger partial charge in [0.15, 0.2) is 5.01 Å². The van der Waals surface area contributed by atoms with Crippen LogP contribution in [0.25, 0.3) is 32.5 Å². The first kappa shape index (κ1) is 22.9. The fraction of sp³-hybridized carbons (Fsp3) is 0.0303. The first-order chi connectivity index (χ1) is 18.2. The van der Waals surface area contributed by atoms with Gasteiger partial charge < -0.3 is 5.32 Å². The van der Waals surface area contributed by atoms with Crippen LogP contribution in [0.5, 0.6) is 0 Å². The quantitative estimate of drug-likeness (QED) is 0.253. The minimum atomic E-state index is -0.311. The third-order valence-corrected chi connectivity index (χ3v) is 7.50. The molecule has 0 spiro atoms. The zero-order valence-corrected chi connectivity index (χ0v) is 20.9. The summed E-state index contributed by atoms with van der Waals surface area (Å²) in [5.41, 5.74) is 7.48. The number of thiazole rings is 1. The van der Waals surface area contributed by atoms with Crippen molar-refractivity contribution in [2.24, 2.45) is 0 Å². The molecule has 37 heavy (non-hydrogen) atoms. The molecule has 4 heteroatoms. The summed E-state index contributed by atoms with van der Waals surface area (Å²) in [4.78, 5) is 18.0. The molecule has 1 N–H and O–H groups in total. The van der Waals surface area contributed by atoms with Crippen molar-refractivity contribution in [2.75, 3.05) is 0 Å². The monoisotopic (exact) mass is 496 g/mol. The number of rotatable bonds is 6. The molecule has 1 heterocycles. The van der Waals surface area contributed by atoms with Crippen LogP contribution in [0, 0.1) is 0 Å². The molecule has 0 saturated carbocycles. The van der Waals surface area contributed by atoms with Crippen LogP contribution in [0.2, 0.25) is 0 Å². The highest BCUT2D eigenvalue weighted by molar-refractivity contribution is 7.20. The summed E-state index contributed by atoms with van der Waals surface area (Å²) in [6.07, 6.45) is 0. The van der Waals surface area contributed by atoms with Crippen molar-refractivity contribution in [3.8, 4) is 22.3 Å². The van der Waals surface area contributed by atoms with Crippen LogP contribution in [-0.2, 0) is 0 Å². The Morgan fingerprint density at radius 2 is 1.03 bits per heavy atom. The molecule has 1 amide bonds. The summed E-state index contributed by atoms with van der Waals surface area (Å²) in [5, 5.41) is 3.72. The van der Waals surface area contributed by atoms with Crippen molar-refractivity contribution < 1.29 is 4.79 Å². The van der Waals surface area contributed by atoms with E-state index in [1.807, 2.05) is 60.7 Å². The Morgan fingerprint density at radius 3 is 1.54 bits per heavy atom. The van der Waals surface area contributed by atoms with Crippen molar-refractivity contribution in [2.45, 2.75) is 6.04 Å². The van der Waals surface area contributed by atoms with Gasteiger partial charge in [-0.2, -0.15) is 0 Å². The maximum atomic E-state index is 13.4. The molecular weight excluding hydrogens is 472 g/mol. The molecule has 0 aliphatic carbocycles. The van der Waals surface area contributed by atoms with Crippen LogP contribution in [-0.4, -0.2) is 10.9 Å². The minimum Gasteiger partial charge on any atom is -0.339 e. The van der Waals surface area contributed by atoms with E-state index in [4.69, 9.17) is 0 Å². The average molecular weight is 497 g/mol. The second-order valence-electron chi connectivity index (χ2n) is 8.87. The molecule has 178 valence electrons. The third kappa shape index (κ3) is 4.92. The smallest absolute Gasteiger partial charge is 0.281 e. The molecule has 6 rings (SSSR count). The topological polar surface area (TPSA) is 42.0 Å². The molecule has 5 aromatic carbocycles. The number of aromatic nitrogens is 1. The number of carbonyl (C=O) groups excluding carboxylic acids is 1. The second kappa shape index (κ2) is 10.2. The Morgan fingerprint density at radius 1 is 0.568 bits per heavy atom. The number of fused-ring (bicyclic) bond motifs is 1. The van der Waals surface area contributed by atoms with Gasteiger partial charge in [0, 0.05) is 0 Å². The van der Waals surface area contributed by atoms with Crippen LogP contribution < -0.4 is 5.32 Å². The fourth-order valence-electron chi connectivity index (χ4n) is 4.52. The highest BCUT2D eigenvalue weighted by atomic mass is 32.1. The molecule has 3 nitrogen and oxygen atoms in total. The largest absolute Gasteiger partial charge is 0.339 e. The van der Waals surface area contributed by atoms with Gasteiger partial charge in [0.1, 0.15) is 0 Å². The van der Waals surface area contributed by atoms with E-state index < -0.39 is 0 Å². The van der Waals surface area contributed by atoms with E-state index in [0.717, 1.165) is 43.6 Å². The van der Waals surface area contributed by atoms with Gasteiger partial charge in [-0.3, -0.25) is 4.79 Å². The van der Waals surface area contributed by atoms with E-state index in [2.05, 4.69) is 83.1 Å². The van der Waals surface area contributed by atoms with E-state index in [1.165, 1.54) is 11.3 Å². The Bertz CT molecular complexity index is 1520. The SMILES string of the molecule is O=C(NC(c1ccc(-c2ccccc2)cc1)c1ccc(-c2ccccc2)cc1)c1nc2ccccc2s1. The van der Waals surface area contributed by atoms with E-state index in [1.54, 1.807) is 0 Å². The van der Waals surface area contributed by atoms with Crippen LogP contribution in [0.3, 0.4) is 0 Å². The molecule has 0 fully saturated rings. The molecular formula is C33H24N2OS. The number of para-hydroxylation sites is 1. The van der Waals surface area contributed by atoms with Gasteiger partial charge in [-0.05, 0) is 45.5 Å². The summed E-state index contributed by atoms with van der Waals surface area (Å²) in [6, 6.07) is 44.9. The molecule has 0 aliphatic rings. The van der Waals surface area contributed by atoms with Gasteiger partial charge in [0.05, 0.1) is 16.3 Å².